The molecule has 120 valence electrons. The third-order valence-corrected chi connectivity index (χ3v) is 3.90. The van der Waals surface area contributed by atoms with E-state index in [9.17, 15) is 14.7 Å². The SMILES string of the molecule is O=C(Nc1cccc(Cl)c1Cl)N[C@@H](Cc1ccccc1)C(=O)O. The van der Waals surface area contributed by atoms with Crippen molar-refractivity contribution >= 4 is 40.9 Å². The number of rotatable bonds is 5. The molecule has 0 unspecified atom stereocenters. The number of hydrogen-bond donors (Lipinski definition) is 3. The zero-order valence-corrected chi connectivity index (χ0v) is 13.4. The first-order valence-electron chi connectivity index (χ1n) is 6.75. The lowest BCUT2D eigenvalue weighted by Gasteiger charge is -2.16. The van der Waals surface area contributed by atoms with Crippen LogP contribution in [0.3, 0.4) is 0 Å². The summed E-state index contributed by atoms with van der Waals surface area (Å²) >= 11 is 11.8. The summed E-state index contributed by atoms with van der Waals surface area (Å²) in [7, 11) is 0. The van der Waals surface area contributed by atoms with Crippen LogP contribution >= 0.6 is 23.2 Å². The van der Waals surface area contributed by atoms with Crippen molar-refractivity contribution in [3.8, 4) is 0 Å². The first kappa shape index (κ1) is 17.1. The number of hydrogen-bond acceptors (Lipinski definition) is 2. The molecule has 3 N–H and O–H groups in total. The van der Waals surface area contributed by atoms with Crippen LogP contribution in [0.4, 0.5) is 10.5 Å². The van der Waals surface area contributed by atoms with E-state index in [2.05, 4.69) is 10.6 Å². The van der Waals surface area contributed by atoms with E-state index in [4.69, 9.17) is 23.2 Å². The molecule has 0 aliphatic carbocycles. The van der Waals surface area contributed by atoms with Gasteiger partial charge in [-0.25, -0.2) is 9.59 Å². The summed E-state index contributed by atoms with van der Waals surface area (Å²) in [6, 6.07) is 12.1. The van der Waals surface area contributed by atoms with Crippen molar-refractivity contribution < 1.29 is 14.7 Å². The predicted molar refractivity (Wildman–Crippen MR) is 90.2 cm³/mol. The molecule has 0 aliphatic heterocycles. The quantitative estimate of drug-likeness (QED) is 0.765. The number of carboxylic acids is 1. The second-order valence-electron chi connectivity index (χ2n) is 4.78. The van der Waals surface area contributed by atoms with Gasteiger partial charge in [-0.3, -0.25) is 0 Å². The zero-order chi connectivity index (χ0) is 16.8. The van der Waals surface area contributed by atoms with Gasteiger partial charge < -0.3 is 15.7 Å². The highest BCUT2D eigenvalue weighted by Crippen LogP contribution is 2.29. The summed E-state index contributed by atoms with van der Waals surface area (Å²) in [5, 5.41) is 14.6. The second-order valence-corrected chi connectivity index (χ2v) is 5.57. The minimum atomic E-state index is -1.12. The molecule has 0 aromatic heterocycles. The average Bonchev–Trinajstić information content (AvgIpc) is 2.52. The van der Waals surface area contributed by atoms with Crippen LogP contribution in [0.25, 0.3) is 0 Å². The molecule has 23 heavy (non-hydrogen) atoms. The highest BCUT2D eigenvalue weighted by molar-refractivity contribution is 6.43. The maximum atomic E-state index is 12.0. The zero-order valence-electron chi connectivity index (χ0n) is 11.9. The second kappa shape index (κ2) is 7.85. The molecule has 0 aliphatic rings. The molecule has 0 bridgehead atoms. The fourth-order valence-corrected chi connectivity index (χ4v) is 2.31. The normalized spacial score (nSPS) is 11.6. The molecule has 0 saturated heterocycles. The van der Waals surface area contributed by atoms with Gasteiger partial charge in [-0.2, -0.15) is 0 Å². The fraction of sp³-hybridized carbons (Fsp3) is 0.125. The number of halogens is 2. The van der Waals surface area contributed by atoms with Crippen molar-refractivity contribution in [1.29, 1.82) is 0 Å². The Hall–Kier alpha value is -2.24. The van der Waals surface area contributed by atoms with Gasteiger partial charge in [0.1, 0.15) is 6.04 Å². The van der Waals surface area contributed by atoms with Crippen LogP contribution in [0.15, 0.2) is 48.5 Å². The molecule has 0 radical (unpaired) electrons. The van der Waals surface area contributed by atoms with Gasteiger partial charge in [0.2, 0.25) is 0 Å². The third kappa shape index (κ3) is 4.87. The summed E-state index contributed by atoms with van der Waals surface area (Å²) in [6.45, 7) is 0. The summed E-state index contributed by atoms with van der Waals surface area (Å²) in [5.41, 5.74) is 1.11. The lowest BCUT2D eigenvalue weighted by atomic mass is 10.1. The summed E-state index contributed by atoms with van der Waals surface area (Å²) in [6.07, 6.45) is 0.173. The molecule has 0 spiro atoms. The average molecular weight is 353 g/mol. The number of anilines is 1. The van der Waals surface area contributed by atoms with Gasteiger partial charge in [0.15, 0.2) is 0 Å². The Morgan fingerprint density at radius 1 is 1.04 bits per heavy atom. The van der Waals surface area contributed by atoms with Gasteiger partial charge in [-0.1, -0.05) is 59.6 Å². The Bertz CT molecular complexity index is 708. The van der Waals surface area contributed by atoms with Gasteiger partial charge in [-0.05, 0) is 17.7 Å². The molecule has 0 fully saturated rings. The molecule has 0 heterocycles. The van der Waals surface area contributed by atoms with Crippen molar-refractivity contribution in [1.82, 2.24) is 5.32 Å². The fourth-order valence-electron chi connectivity index (χ4n) is 1.97. The van der Waals surface area contributed by atoms with E-state index < -0.39 is 18.0 Å². The van der Waals surface area contributed by atoms with Crippen LogP contribution < -0.4 is 10.6 Å². The Balaban J connectivity index is 2.03. The maximum Gasteiger partial charge on any atom is 0.326 e. The van der Waals surface area contributed by atoms with Gasteiger partial charge >= 0.3 is 12.0 Å². The van der Waals surface area contributed by atoms with E-state index >= 15 is 0 Å². The van der Waals surface area contributed by atoms with Crippen LogP contribution in [0.2, 0.25) is 10.0 Å². The monoisotopic (exact) mass is 352 g/mol. The number of urea groups is 1. The number of carbonyl (C=O) groups excluding carboxylic acids is 1. The molecule has 0 saturated carbocycles. The summed E-state index contributed by atoms with van der Waals surface area (Å²) < 4.78 is 0. The number of amides is 2. The van der Waals surface area contributed by atoms with Crippen molar-refractivity contribution in [3.05, 3.63) is 64.1 Å². The molecule has 7 heteroatoms. The van der Waals surface area contributed by atoms with Crippen LogP contribution in [0.5, 0.6) is 0 Å². The van der Waals surface area contributed by atoms with Crippen LogP contribution in [0.1, 0.15) is 5.56 Å². The van der Waals surface area contributed by atoms with E-state index in [1.807, 2.05) is 6.07 Å². The Kier molecular flexibility index (Phi) is 5.84. The Morgan fingerprint density at radius 3 is 2.39 bits per heavy atom. The van der Waals surface area contributed by atoms with Crippen LogP contribution in [-0.2, 0) is 11.2 Å². The largest absolute Gasteiger partial charge is 0.480 e. The van der Waals surface area contributed by atoms with Crippen molar-refractivity contribution in [2.75, 3.05) is 5.32 Å². The van der Waals surface area contributed by atoms with E-state index in [-0.39, 0.29) is 11.4 Å². The highest BCUT2D eigenvalue weighted by Gasteiger charge is 2.20. The molecule has 1 atom stereocenters. The number of carbonyl (C=O) groups is 2. The van der Waals surface area contributed by atoms with E-state index in [0.29, 0.717) is 10.7 Å². The van der Waals surface area contributed by atoms with Gasteiger partial charge in [-0.15, -0.1) is 0 Å². The summed E-state index contributed by atoms with van der Waals surface area (Å²) in [5.74, 6) is -1.12. The molecule has 2 aromatic carbocycles. The molecule has 2 aromatic rings. The lowest BCUT2D eigenvalue weighted by molar-refractivity contribution is -0.139. The van der Waals surface area contributed by atoms with Crippen LogP contribution in [0, 0.1) is 0 Å². The number of benzene rings is 2. The Labute approximate surface area is 143 Å². The van der Waals surface area contributed by atoms with Gasteiger partial charge in [0.25, 0.3) is 0 Å². The van der Waals surface area contributed by atoms with Gasteiger partial charge in [0, 0.05) is 6.42 Å². The minimum absolute atomic E-state index is 0.173. The highest BCUT2D eigenvalue weighted by atomic mass is 35.5. The standard InChI is InChI=1S/C16H14Cl2N2O3/c17-11-7-4-8-12(14(11)18)19-16(23)20-13(15(21)22)9-10-5-2-1-3-6-10/h1-8,13H,9H2,(H,21,22)(H2,19,20,23)/t13-/m0/s1. The molecule has 5 nitrogen and oxygen atoms in total. The molecule has 2 amide bonds. The predicted octanol–water partition coefficient (Wildman–Crippen LogP) is 3.81. The molecular formula is C16H14Cl2N2O3. The number of nitrogens with one attached hydrogen (secondary N) is 2. The van der Waals surface area contributed by atoms with E-state index in [1.165, 1.54) is 0 Å². The first-order valence-corrected chi connectivity index (χ1v) is 7.51. The number of carboxylic acid groups (broad SMARTS) is 1. The topological polar surface area (TPSA) is 78.4 Å². The number of aliphatic carboxylic acids is 1. The Morgan fingerprint density at radius 2 is 1.74 bits per heavy atom. The smallest absolute Gasteiger partial charge is 0.326 e. The van der Waals surface area contributed by atoms with Crippen molar-refractivity contribution in [2.24, 2.45) is 0 Å². The van der Waals surface area contributed by atoms with Crippen molar-refractivity contribution in [3.63, 3.8) is 0 Å². The third-order valence-electron chi connectivity index (χ3n) is 3.09. The van der Waals surface area contributed by atoms with Crippen molar-refractivity contribution in [2.45, 2.75) is 12.5 Å². The lowest BCUT2D eigenvalue weighted by Crippen LogP contribution is -2.44. The van der Waals surface area contributed by atoms with E-state index in [1.54, 1.807) is 42.5 Å². The molecular weight excluding hydrogens is 339 g/mol. The van der Waals surface area contributed by atoms with E-state index in [0.717, 1.165) is 5.56 Å². The maximum absolute atomic E-state index is 12.0. The summed E-state index contributed by atoms with van der Waals surface area (Å²) in [4.78, 5) is 23.3. The van der Waals surface area contributed by atoms with Crippen LogP contribution in [-0.4, -0.2) is 23.1 Å². The molecule has 2 rings (SSSR count). The first-order chi connectivity index (χ1) is 11.0. The minimum Gasteiger partial charge on any atom is -0.480 e. The van der Waals surface area contributed by atoms with Gasteiger partial charge in [0.05, 0.1) is 15.7 Å².